The fourth-order valence-electron chi connectivity index (χ4n) is 3.11. The van der Waals surface area contributed by atoms with Crippen LogP contribution in [0.1, 0.15) is 29.2 Å². The number of phenolic OH excluding ortho intramolecular Hbond substituents is 1. The van der Waals surface area contributed by atoms with E-state index in [1.165, 1.54) is 12.1 Å². The van der Waals surface area contributed by atoms with Crippen LogP contribution in [0.2, 0.25) is 0 Å². The fourth-order valence-corrected chi connectivity index (χ4v) is 3.11. The van der Waals surface area contributed by atoms with Gasteiger partial charge in [0.25, 0.3) is 0 Å². The minimum Gasteiger partial charge on any atom is -0.508 e. The van der Waals surface area contributed by atoms with Crippen molar-refractivity contribution in [1.29, 1.82) is 0 Å². The van der Waals surface area contributed by atoms with Crippen molar-refractivity contribution >= 4 is 5.91 Å². The minimum atomic E-state index is -4.41. The molecule has 2 aromatic rings. The van der Waals surface area contributed by atoms with Crippen LogP contribution in [0, 0.1) is 0 Å². The minimum absolute atomic E-state index is 0.0905. The third-order valence-corrected chi connectivity index (χ3v) is 4.53. The molecule has 1 saturated heterocycles. The van der Waals surface area contributed by atoms with Crippen LogP contribution < -0.4 is 16.2 Å². The molecule has 0 aromatic heterocycles. The van der Waals surface area contributed by atoms with Crippen molar-refractivity contribution in [2.45, 2.75) is 31.1 Å². The highest BCUT2D eigenvalue weighted by Crippen LogP contribution is 2.32. The van der Waals surface area contributed by atoms with Crippen LogP contribution >= 0.6 is 0 Å². The molecule has 144 valence electrons. The highest BCUT2D eigenvalue weighted by Gasteiger charge is 2.33. The Morgan fingerprint density at radius 3 is 2.52 bits per heavy atom. The molecule has 1 aliphatic rings. The maximum Gasteiger partial charge on any atom is 0.416 e. The van der Waals surface area contributed by atoms with Crippen molar-refractivity contribution in [3.05, 3.63) is 65.2 Å². The van der Waals surface area contributed by atoms with Gasteiger partial charge in [0.2, 0.25) is 5.91 Å². The van der Waals surface area contributed by atoms with Gasteiger partial charge in [0.1, 0.15) is 11.8 Å². The summed E-state index contributed by atoms with van der Waals surface area (Å²) in [4.78, 5) is 12.3. The van der Waals surface area contributed by atoms with Gasteiger partial charge in [-0.1, -0.05) is 30.3 Å². The number of rotatable bonds is 5. The van der Waals surface area contributed by atoms with E-state index in [2.05, 4.69) is 16.2 Å². The van der Waals surface area contributed by atoms with Gasteiger partial charge in [-0.2, -0.15) is 13.2 Å². The number of carbonyl (C=O) groups is 1. The van der Waals surface area contributed by atoms with Gasteiger partial charge < -0.3 is 10.4 Å². The van der Waals surface area contributed by atoms with Gasteiger partial charge in [-0.25, -0.2) is 10.9 Å². The standard InChI is InChI=1S/C19H20F3N3O2/c20-19(21,22)15-4-2-1-3-12(15)9-10-23-18(27)17-11-16(24-25-17)13-5-7-14(26)8-6-13/h1-8,16-17,24-26H,9-11H2,(H,23,27). The van der Waals surface area contributed by atoms with Crippen molar-refractivity contribution < 1.29 is 23.1 Å². The summed E-state index contributed by atoms with van der Waals surface area (Å²) in [5.41, 5.74) is 6.33. The lowest BCUT2D eigenvalue weighted by atomic mass is 10.0. The second kappa shape index (κ2) is 7.98. The molecule has 1 heterocycles. The van der Waals surface area contributed by atoms with Gasteiger partial charge >= 0.3 is 6.18 Å². The Kier molecular flexibility index (Phi) is 5.67. The third kappa shape index (κ3) is 4.78. The maximum absolute atomic E-state index is 13.0. The molecule has 27 heavy (non-hydrogen) atoms. The van der Waals surface area contributed by atoms with Crippen LogP contribution in [-0.2, 0) is 17.4 Å². The van der Waals surface area contributed by atoms with Gasteiger partial charge in [0.15, 0.2) is 0 Å². The van der Waals surface area contributed by atoms with Crippen LogP contribution in [0.3, 0.4) is 0 Å². The smallest absolute Gasteiger partial charge is 0.416 e. The summed E-state index contributed by atoms with van der Waals surface area (Å²) in [5, 5.41) is 12.0. The second-order valence-corrected chi connectivity index (χ2v) is 6.42. The summed E-state index contributed by atoms with van der Waals surface area (Å²) >= 11 is 0. The highest BCUT2D eigenvalue weighted by molar-refractivity contribution is 5.82. The van der Waals surface area contributed by atoms with Crippen molar-refractivity contribution in [1.82, 2.24) is 16.2 Å². The highest BCUT2D eigenvalue weighted by atomic mass is 19.4. The predicted octanol–water partition coefficient (Wildman–Crippen LogP) is 2.68. The number of amides is 1. The average Bonchev–Trinajstić information content (AvgIpc) is 3.12. The van der Waals surface area contributed by atoms with E-state index >= 15 is 0 Å². The van der Waals surface area contributed by atoms with Crippen molar-refractivity contribution in [3.63, 3.8) is 0 Å². The summed E-state index contributed by atoms with van der Waals surface area (Å²) in [6.45, 7) is 0.119. The summed E-state index contributed by atoms with van der Waals surface area (Å²) < 4.78 is 39.0. The van der Waals surface area contributed by atoms with Crippen molar-refractivity contribution in [2.75, 3.05) is 6.54 Å². The molecule has 8 heteroatoms. The number of carbonyl (C=O) groups excluding carboxylic acids is 1. The topological polar surface area (TPSA) is 73.4 Å². The lowest BCUT2D eigenvalue weighted by molar-refractivity contribution is -0.138. The summed E-state index contributed by atoms with van der Waals surface area (Å²) in [6, 6.07) is 11.5. The first kappa shape index (κ1) is 19.2. The molecule has 0 spiro atoms. The van der Waals surface area contributed by atoms with E-state index in [9.17, 15) is 23.1 Å². The van der Waals surface area contributed by atoms with Gasteiger partial charge in [-0.05, 0) is 42.2 Å². The first-order chi connectivity index (χ1) is 12.8. The molecule has 2 unspecified atom stereocenters. The number of phenols is 1. The van der Waals surface area contributed by atoms with Gasteiger partial charge in [-0.15, -0.1) is 0 Å². The predicted molar refractivity (Wildman–Crippen MR) is 93.7 cm³/mol. The van der Waals surface area contributed by atoms with Gasteiger partial charge in [0, 0.05) is 12.6 Å². The number of alkyl halides is 3. The molecule has 3 rings (SSSR count). The SMILES string of the molecule is O=C(NCCc1ccccc1C(F)(F)F)C1CC(c2ccc(O)cc2)NN1. The van der Waals surface area contributed by atoms with E-state index in [1.807, 2.05) is 0 Å². The molecule has 0 radical (unpaired) electrons. The monoisotopic (exact) mass is 379 g/mol. The number of benzene rings is 2. The molecule has 4 N–H and O–H groups in total. The van der Waals surface area contributed by atoms with E-state index in [4.69, 9.17) is 0 Å². The van der Waals surface area contributed by atoms with Crippen LogP contribution in [0.15, 0.2) is 48.5 Å². The average molecular weight is 379 g/mol. The quantitative estimate of drug-likeness (QED) is 0.645. The molecule has 2 atom stereocenters. The number of aromatic hydroxyl groups is 1. The Balaban J connectivity index is 1.51. The number of hydrazine groups is 1. The number of hydrogen-bond acceptors (Lipinski definition) is 4. The van der Waals surface area contributed by atoms with E-state index in [0.717, 1.165) is 11.6 Å². The normalized spacial score (nSPS) is 19.8. The Labute approximate surface area is 154 Å². The first-order valence-electron chi connectivity index (χ1n) is 8.57. The molecule has 1 amide bonds. The molecule has 0 saturated carbocycles. The summed E-state index contributed by atoms with van der Waals surface area (Å²) in [5.74, 6) is -0.105. The maximum atomic E-state index is 13.0. The molecular formula is C19H20F3N3O2. The number of halogens is 3. The van der Waals surface area contributed by atoms with E-state index in [-0.39, 0.29) is 36.2 Å². The van der Waals surface area contributed by atoms with Crippen LogP contribution in [0.25, 0.3) is 0 Å². The lowest BCUT2D eigenvalue weighted by Crippen LogP contribution is -2.43. The van der Waals surface area contributed by atoms with Gasteiger partial charge in [-0.3, -0.25) is 4.79 Å². The molecule has 5 nitrogen and oxygen atoms in total. The van der Waals surface area contributed by atoms with Crippen LogP contribution in [-0.4, -0.2) is 23.6 Å². The molecule has 1 aliphatic heterocycles. The van der Waals surface area contributed by atoms with E-state index in [1.54, 1.807) is 30.3 Å². The largest absolute Gasteiger partial charge is 0.508 e. The Hall–Kier alpha value is -2.58. The van der Waals surface area contributed by atoms with E-state index < -0.39 is 17.8 Å². The zero-order chi connectivity index (χ0) is 19.4. The molecule has 2 aromatic carbocycles. The molecule has 1 fully saturated rings. The first-order valence-corrected chi connectivity index (χ1v) is 8.57. The Morgan fingerprint density at radius 1 is 1.11 bits per heavy atom. The van der Waals surface area contributed by atoms with E-state index in [0.29, 0.717) is 6.42 Å². The molecule has 0 bridgehead atoms. The zero-order valence-corrected chi connectivity index (χ0v) is 14.4. The third-order valence-electron chi connectivity index (χ3n) is 4.53. The van der Waals surface area contributed by atoms with Gasteiger partial charge in [0.05, 0.1) is 5.56 Å². The zero-order valence-electron chi connectivity index (χ0n) is 14.4. The number of nitrogens with one attached hydrogen (secondary N) is 3. The Bertz CT molecular complexity index is 794. The molecule has 0 aliphatic carbocycles. The lowest BCUT2D eigenvalue weighted by Gasteiger charge is -2.14. The second-order valence-electron chi connectivity index (χ2n) is 6.42. The van der Waals surface area contributed by atoms with Crippen LogP contribution in [0.5, 0.6) is 5.75 Å². The fraction of sp³-hybridized carbons (Fsp3) is 0.316. The van der Waals surface area contributed by atoms with Crippen molar-refractivity contribution in [2.24, 2.45) is 0 Å². The molecular weight excluding hydrogens is 359 g/mol. The Morgan fingerprint density at radius 2 is 1.81 bits per heavy atom. The number of hydrogen-bond donors (Lipinski definition) is 4. The summed E-state index contributed by atoms with van der Waals surface area (Å²) in [7, 11) is 0. The van der Waals surface area contributed by atoms with Crippen LogP contribution in [0.4, 0.5) is 13.2 Å². The van der Waals surface area contributed by atoms with Crippen molar-refractivity contribution in [3.8, 4) is 5.75 Å². The summed E-state index contributed by atoms with van der Waals surface area (Å²) in [6.07, 6.45) is -3.81.